The van der Waals surface area contributed by atoms with Crippen molar-refractivity contribution in [3.8, 4) is 0 Å². The number of hydrogen-bond acceptors (Lipinski definition) is 4. The standard InChI is InChI=1S/C15H25NO3/c1-17-10-11-19-9-3-8-16-12-14-4-6-15(7-5-14)13-18-2/h4-7,16H,3,8-13H2,1-2H3. The maximum Gasteiger partial charge on any atom is 0.0713 e. The molecule has 0 bridgehead atoms. The second-order valence-corrected chi connectivity index (χ2v) is 4.39. The Morgan fingerprint density at radius 1 is 0.895 bits per heavy atom. The van der Waals surface area contributed by atoms with Crippen LogP contribution in [-0.2, 0) is 27.4 Å². The zero-order chi connectivity index (χ0) is 13.8. The van der Waals surface area contributed by atoms with Gasteiger partial charge in [0, 0.05) is 27.4 Å². The van der Waals surface area contributed by atoms with E-state index in [0.29, 0.717) is 19.8 Å². The second-order valence-electron chi connectivity index (χ2n) is 4.39. The quantitative estimate of drug-likeness (QED) is 0.622. The molecule has 0 aliphatic rings. The van der Waals surface area contributed by atoms with E-state index in [9.17, 15) is 0 Å². The topological polar surface area (TPSA) is 39.7 Å². The van der Waals surface area contributed by atoms with Crippen LogP contribution >= 0.6 is 0 Å². The maximum atomic E-state index is 5.39. The largest absolute Gasteiger partial charge is 0.382 e. The molecule has 1 N–H and O–H groups in total. The van der Waals surface area contributed by atoms with E-state index in [4.69, 9.17) is 14.2 Å². The Balaban J connectivity index is 2.02. The monoisotopic (exact) mass is 267 g/mol. The van der Waals surface area contributed by atoms with Crippen molar-refractivity contribution in [1.29, 1.82) is 0 Å². The fourth-order valence-electron chi connectivity index (χ4n) is 1.70. The molecular weight excluding hydrogens is 242 g/mol. The van der Waals surface area contributed by atoms with Crippen LogP contribution in [0.1, 0.15) is 17.5 Å². The first-order valence-electron chi connectivity index (χ1n) is 6.71. The predicted molar refractivity (Wildman–Crippen MR) is 76.2 cm³/mol. The van der Waals surface area contributed by atoms with E-state index in [0.717, 1.165) is 26.1 Å². The Hall–Kier alpha value is -0.940. The van der Waals surface area contributed by atoms with Gasteiger partial charge in [-0.1, -0.05) is 24.3 Å². The smallest absolute Gasteiger partial charge is 0.0713 e. The van der Waals surface area contributed by atoms with Gasteiger partial charge in [-0.15, -0.1) is 0 Å². The molecule has 108 valence electrons. The molecule has 19 heavy (non-hydrogen) atoms. The average Bonchev–Trinajstić information content (AvgIpc) is 2.44. The zero-order valence-corrected chi connectivity index (χ0v) is 12.0. The van der Waals surface area contributed by atoms with Crippen LogP contribution in [-0.4, -0.2) is 40.6 Å². The summed E-state index contributed by atoms with van der Waals surface area (Å²) in [5.41, 5.74) is 2.50. The van der Waals surface area contributed by atoms with Crippen LogP contribution in [0.5, 0.6) is 0 Å². The summed E-state index contributed by atoms with van der Waals surface area (Å²) >= 11 is 0. The molecule has 0 saturated carbocycles. The first-order chi connectivity index (χ1) is 9.36. The first-order valence-corrected chi connectivity index (χ1v) is 6.71. The van der Waals surface area contributed by atoms with E-state index in [1.54, 1.807) is 14.2 Å². The molecule has 0 aromatic heterocycles. The highest BCUT2D eigenvalue weighted by Gasteiger charge is 1.95. The van der Waals surface area contributed by atoms with E-state index in [1.165, 1.54) is 11.1 Å². The van der Waals surface area contributed by atoms with E-state index < -0.39 is 0 Å². The molecule has 1 rings (SSSR count). The van der Waals surface area contributed by atoms with Gasteiger partial charge >= 0.3 is 0 Å². The number of rotatable bonds is 11. The van der Waals surface area contributed by atoms with Crippen LogP contribution in [0.4, 0.5) is 0 Å². The summed E-state index contributed by atoms with van der Waals surface area (Å²) in [5.74, 6) is 0. The second kappa shape index (κ2) is 10.9. The molecule has 4 heteroatoms. The van der Waals surface area contributed by atoms with Gasteiger partial charge in [0.15, 0.2) is 0 Å². The summed E-state index contributed by atoms with van der Waals surface area (Å²) in [4.78, 5) is 0. The molecule has 0 aliphatic carbocycles. The number of benzene rings is 1. The number of hydrogen-bond donors (Lipinski definition) is 1. The SMILES string of the molecule is COCCOCCCNCc1ccc(COC)cc1. The lowest BCUT2D eigenvalue weighted by Gasteiger charge is -2.07. The van der Waals surface area contributed by atoms with Crippen molar-refractivity contribution in [2.24, 2.45) is 0 Å². The summed E-state index contributed by atoms with van der Waals surface area (Å²) in [6.07, 6.45) is 1.02. The Kier molecular flexibility index (Phi) is 9.27. The van der Waals surface area contributed by atoms with Crippen molar-refractivity contribution < 1.29 is 14.2 Å². The van der Waals surface area contributed by atoms with Crippen molar-refractivity contribution in [2.75, 3.05) is 40.6 Å². The van der Waals surface area contributed by atoms with Gasteiger partial charge in [-0.25, -0.2) is 0 Å². The van der Waals surface area contributed by atoms with Crippen molar-refractivity contribution in [2.45, 2.75) is 19.6 Å². The van der Waals surface area contributed by atoms with Gasteiger partial charge < -0.3 is 19.5 Å². The lowest BCUT2D eigenvalue weighted by Crippen LogP contribution is -2.16. The van der Waals surface area contributed by atoms with Crippen molar-refractivity contribution in [3.63, 3.8) is 0 Å². The summed E-state index contributed by atoms with van der Waals surface area (Å²) < 4.78 is 15.4. The minimum absolute atomic E-state index is 0.668. The van der Waals surface area contributed by atoms with Gasteiger partial charge in [0.05, 0.1) is 19.8 Å². The van der Waals surface area contributed by atoms with Gasteiger partial charge in [-0.05, 0) is 24.1 Å². The fraction of sp³-hybridized carbons (Fsp3) is 0.600. The summed E-state index contributed by atoms with van der Waals surface area (Å²) in [6.45, 7) is 4.66. The van der Waals surface area contributed by atoms with E-state index in [-0.39, 0.29) is 0 Å². The van der Waals surface area contributed by atoms with Crippen LogP contribution in [0.2, 0.25) is 0 Å². The Morgan fingerprint density at radius 2 is 1.63 bits per heavy atom. The molecule has 0 fully saturated rings. The molecule has 0 unspecified atom stereocenters. The Labute approximate surface area is 116 Å². The third-order valence-corrected chi connectivity index (χ3v) is 2.74. The maximum absolute atomic E-state index is 5.39. The van der Waals surface area contributed by atoms with Gasteiger partial charge in [0.25, 0.3) is 0 Å². The highest BCUT2D eigenvalue weighted by molar-refractivity contribution is 5.21. The number of methoxy groups -OCH3 is 2. The third-order valence-electron chi connectivity index (χ3n) is 2.74. The summed E-state index contributed by atoms with van der Waals surface area (Å²) in [6, 6.07) is 8.48. The normalized spacial score (nSPS) is 10.8. The third kappa shape index (κ3) is 7.95. The molecule has 0 radical (unpaired) electrons. The summed E-state index contributed by atoms with van der Waals surface area (Å²) in [5, 5.41) is 3.40. The molecule has 0 amide bonds. The molecule has 0 saturated heterocycles. The van der Waals surface area contributed by atoms with Crippen LogP contribution < -0.4 is 5.32 Å². The Morgan fingerprint density at radius 3 is 2.32 bits per heavy atom. The summed E-state index contributed by atoms with van der Waals surface area (Å²) in [7, 11) is 3.40. The predicted octanol–water partition coefficient (Wildman–Crippen LogP) is 1.98. The first kappa shape index (κ1) is 16.1. The fourth-order valence-corrected chi connectivity index (χ4v) is 1.70. The molecule has 0 heterocycles. The van der Waals surface area contributed by atoms with Crippen molar-refractivity contribution in [3.05, 3.63) is 35.4 Å². The van der Waals surface area contributed by atoms with E-state index in [1.807, 2.05) is 0 Å². The molecule has 0 aliphatic heterocycles. The molecule has 0 atom stereocenters. The van der Waals surface area contributed by atoms with E-state index in [2.05, 4.69) is 29.6 Å². The lowest BCUT2D eigenvalue weighted by molar-refractivity contribution is 0.0695. The average molecular weight is 267 g/mol. The molecular formula is C15H25NO3. The van der Waals surface area contributed by atoms with E-state index >= 15 is 0 Å². The molecule has 4 nitrogen and oxygen atoms in total. The van der Waals surface area contributed by atoms with Crippen LogP contribution in [0.25, 0.3) is 0 Å². The van der Waals surface area contributed by atoms with Gasteiger partial charge in [0.1, 0.15) is 0 Å². The highest BCUT2D eigenvalue weighted by Crippen LogP contribution is 2.05. The van der Waals surface area contributed by atoms with Gasteiger partial charge in [0.2, 0.25) is 0 Å². The van der Waals surface area contributed by atoms with Gasteiger partial charge in [-0.3, -0.25) is 0 Å². The zero-order valence-electron chi connectivity index (χ0n) is 12.0. The lowest BCUT2D eigenvalue weighted by atomic mass is 10.1. The number of nitrogens with one attached hydrogen (secondary N) is 1. The van der Waals surface area contributed by atoms with Crippen LogP contribution in [0, 0.1) is 0 Å². The van der Waals surface area contributed by atoms with Gasteiger partial charge in [-0.2, -0.15) is 0 Å². The van der Waals surface area contributed by atoms with Crippen LogP contribution in [0.15, 0.2) is 24.3 Å². The van der Waals surface area contributed by atoms with Crippen LogP contribution in [0.3, 0.4) is 0 Å². The van der Waals surface area contributed by atoms with Crippen molar-refractivity contribution >= 4 is 0 Å². The molecule has 1 aromatic rings. The molecule has 1 aromatic carbocycles. The minimum Gasteiger partial charge on any atom is -0.382 e. The highest BCUT2D eigenvalue weighted by atomic mass is 16.5. The Bertz CT molecular complexity index is 314. The number of ether oxygens (including phenoxy) is 3. The molecule has 0 spiro atoms. The minimum atomic E-state index is 0.668. The van der Waals surface area contributed by atoms with Crippen molar-refractivity contribution in [1.82, 2.24) is 5.32 Å².